The molecule has 0 fully saturated rings. The van der Waals surface area contributed by atoms with E-state index < -0.39 is 0 Å². The number of hydrogen-bond donors (Lipinski definition) is 2. The number of aromatic amines is 1. The van der Waals surface area contributed by atoms with Crippen molar-refractivity contribution < 1.29 is 0 Å². The van der Waals surface area contributed by atoms with Crippen LogP contribution in [0.3, 0.4) is 0 Å². The van der Waals surface area contributed by atoms with Gasteiger partial charge in [-0.1, -0.05) is 29.8 Å². The van der Waals surface area contributed by atoms with E-state index in [4.69, 9.17) is 5.73 Å². The number of benzene rings is 1. The second-order valence-electron chi connectivity index (χ2n) is 3.63. The van der Waals surface area contributed by atoms with Crippen LogP contribution >= 0.6 is 0 Å². The zero-order valence-corrected chi connectivity index (χ0v) is 8.74. The number of nitrogen functional groups attached to an aromatic ring is 1. The first-order chi connectivity index (χ1) is 7.09. The highest BCUT2D eigenvalue weighted by Crippen LogP contribution is 2.20. The molecule has 0 radical (unpaired) electrons. The van der Waals surface area contributed by atoms with Crippen molar-refractivity contribution in [2.75, 3.05) is 5.73 Å². The molecule has 2 rings (SSSR count). The smallest absolute Gasteiger partial charge is 0.276 e. The number of H-pyrrole nitrogens is 1. The van der Waals surface area contributed by atoms with Crippen LogP contribution in [0, 0.1) is 6.92 Å². The molecule has 78 valence electrons. The van der Waals surface area contributed by atoms with E-state index in [2.05, 4.69) is 5.10 Å². The Labute approximate surface area is 87.3 Å². The summed E-state index contributed by atoms with van der Waals surface area (Å²) < 4.78 is 1.38. The Morgan fingerprint density at radius 1 is 1.27 bits per heavy atom. The Hall–Kier alpha value is -1.97. The van der Waals surface area contributed by atoms with Crippen LogP contribution in [0.1, 0.15) is 5.56 Å². The van der Waals surface area contributed by atoms with Crippen molar-refractivity contribution in [3.8, 4) is 11.1 Å². The van der Waals surface area contributed by atoms with Crippen molar-refractivity contribution in [1.82, 2.24) is 9.78 Å². The minimum absolute atomic E-state index is 0.101. The van der Waals surface area contributed by atoms with Crippen LogP contribution in [0.25, 0.3) is 11.1 Å². The van der Waals surface area contributed by atoms with Gasteiger partial charge in [0.05, 0.1) is 5.56 Å². The predicted octanol–water partition coefficient (Wildman–Crippen LogP) is 1.27. The van der Waals surface area contributed by atoms with Crippen molar-refractivity contribution in [3.63, 3.8) is 0 Å². The molecule has 4 nitrogen and oxygen atoms in total. The maximum atomic E-state index is 11.7. The minimum Gasteiger partial charge on any atom is -0.383 e. The highest BCUT2D eigenvalue weighted by Gasteiger charge is 2.11. The molecule has 0 aliphatic rings. The molecule has 3 N–H and O–H groups in total. The summed E-state index contributed by atoms with van der Waals surface area (Å²) in [4.78, 5) is 11.7. The Kier molecular flexibility index (Phi) is 2.11. The number of aromatic nitrogens is 2. The van der Waals surface area contributed by atoms with Gasteiger partial charge < -0.3 is 5.73 Å². The van der Waals surface area contributed by atoms with Crippen LogP contribution in [0.5, 0.6) is 0 Å². The third-order valence-electron chi connectivity index (χ3n) is 2.42. The first kappa shape index (κ1) is 9.58. The van der Waals surface area contributed by atoms with Gasteiger partial charge in [-0.3, -0.25) is 14.6 Å². The molecule has 0 unspecified atom stereocenters. The van der Waals surface area contributed by atoms with E-state index in [9.17, 15) is 4.79 Å². The van der Waals surface area contributed by atoms with Crippen molar-refractivity contribution >= 4 is 5.82 Å². The van der Waals surface area contributed by atoms with Crippen LogP contribution in [0.4, 0.5) is 5.82 Å². The van der Waals surface area contributed by atoms with Crippen LogP contribution < -0.4 is 11.3 Å². The van der Waals surface area contributed by atoms with E-state index in [0.717, 1.165) is 11.1 Å². The number of anilines is 1. The molecule has 0 amide bonds. The minimum atomic E-state index is -0.101. The molecular weight excluding hydrogens is 190 g/mol. The van der Waals surface area contributed by atoms with Crippen molar-refractivity contribution in [2.45, 2.75) is 6.92 Å². The Bertz CT molecular complexity index is 534. The molecule has 1 aromatic carbocycles. The summed E-state index contributed by atoms with van der Waals surface area (Å²) >= 11 is 0. The number of nitrogens with zero attached hydrogens (tertiary/aromatic N) is 1. The van der Waals surface area contributed by atoms with Crippen LogP contribution in [-0.2, 0) is 7.05 Å². The zero-order chi connectivity index (χ0) is 11.0. The summed E-state index contributed by atoms with van der Waals surface area (Å²) in [5.74, 6) is 0.409. The molecule has 0 spiro atoms. The van der Waals surface area contributed by atoms with Crippen molar-refractivity contribution in [3.05, 3.63) is 40.2 Å². The van der Waals surface area contributed by atoms with Crippen LogP contribution in [0.15, 0.2) is 29.1 Å². The van der Waals surface area contributed by atoms with Gasteiger partial charge in [0, 0.05) is 7.05 Å². The average molecular weight is 203 g/mol. The lowest BCUT2D eigenvalue weighted by molar-refractivity contribution is 0.744. The quantitative estimate of drug-likeness (QED) is 0.733. The number of nitrogens with one attached hydrogen (secondary N) is 1. The van der Waals surface area contributed by atoms with Gasteiger partial charge in [-0.05, 0) is 12.5 Å². The van der Waals surface area contributed by atoms with Gasteiger partial charge in [-0.25, -0.2) is 0 Å². The number of hydrogen-bond acceptors (Lipinski definition) is 2. The number of nitrogens with two attached hydrogens (primary N) is 1. The van der Waals surface area contributed by atoms with Gasteiger partial charge in [-0.2, -0.15) is 0 Å². The molecule has 0 aliphatic carbocycles. The number of aryl methyl sites for hydroxylation is 2. The Balaban J connectivity index is 2.64. The molecule has 0 saturated carbocycles. The molecule has 0 bridgehead atoms. The van der Waals surface area contributed by atoms with E-state index in [0.29, 0.717) is 11.4 Å². The second kappa shape index (κ2) is 3.31. The topological polar surface area (TPSA) is 63.8 Å². The second-order valence-corrected chi connectivity index (χ2v) is 3.63. The Morgan fingerprint density at radius 3 is 2.33 bits per heavy atom. The van der Waals surface area contributed by atoms with Gasteiger partial charge in [0.1, 0.15) is 5.82 Å². The predicted molar refractivity (Wildman–Crippen MR) is 60.6 cm³/mol. The number of rotatable bonds is 1. The van der Waals surface area contributed by atoms with E-state index >= 15 is 0 Å². The fourth-order valence-corrected chi connectivity index (χ4v) is 1.57. The molecule has 4 heteroatoms. The summed E-state index contributed by atoms with van der Waals surface area (Å²) in [5.41, 5.74) is 8.18. The average Bonchev–Trinajstić information content (AvgIpc) is 2.44. The third kappa shape index (κ3) is 1.54. The van der Waals surface area contributed by atoms with Crippen LogP contribution in [0.2, 0.25) is 0 Å². The maximum absolute atomic E-state index is 11.7. The van der Waals surface area contributed by atoms with Gasteiger partial charge in [-0.15, -0.1) is 0 Å². The molecule has 0 aliphatic heterocycles. The lowest BCUT2D eigenvalue weighted by Crippen LogP contribution is -2.13. The summed E-state index contributed by atoms with van der Waals surface area (Å²) in [6.45, 7) is 2.00. The molecule has 0 atom stereocenters. The summed E-state index contributed by atoms with van der Waals surface area (Å²) in [6, 6.07) is 7.72. The van der Waals surface area contributed by atoms with E-state index in [1.165, 1.54) is 4.68 Å². The van der Waals surface area contributed by atoms with Gasteiger partial charge >= 0.3 is 0 Å². The standard InChI is InChI=1S/C11H13N3O/c1-7-3-5-8(6-4-7)9-10(12)13-14(2)11(9)15/h3-6,13H,12H2,1-2H3. The fraction of sp³-hybridized carbons (Fsp3) is 0.182. The van der Waals surface area contributed by atoms with E-state index in [1.807, 2.05) is 31.2 Å². The van der Waals surface area contributed by atoms with Crippen LogP contribution in [-0.4, -0.2) is 9.78 Å². The first-order valence-corrected chi connectivity index (χ1v) is 4.71. The largest absolute Gasteiger partial charge is 0.383 e. The molecule has 1 aromatic heterocycles. The van der Waals surface area contributed by atoms with Crippen molar-refractivity contribution in [1.29, 1.82) is 0 Å². The van der Waals surface area contributed by atoms with Crippen molar-refractivity contribution in [2.24, 2.45) is 7.05 Å². The molecule has 2 aromatic rings. The molecule has 15 heavy (non-hydrogen) atoms. The highest BCUT2D eigenvalue weighted by atomic mass is 16.1. The van der Waals surface area contributed by atoms with Gasteiger partial charge in [0.15, 0.2) is 0 Å². The van der Waals surface area contributed by atoms with E-state index in [1.54, 1.807) is 7.05 Å². The molecule has 1 heterocycles. The lowest BCUT2D eigenvalue weighted by Gasteiger charge is -1.98. The lowest BCUT2D eigenvalue weighted by atomic mass is 10.1. The first-order valence-electron chi connectivity index (χ1n) is 4.71. The maximum Gasteiger partial charge on any atom is 0.276 e. The fourth-order valence-electron chi connectivity index (χ4n) is 1.57. The Morgan fingerprint density at radius 2 is 1.87 bits per heavy atom. The summed E-state index contributed by atoms with van der Waals surface area (Å²) in [5, 5.41) is 2.77. The highest BCUT2D eigenvalue weighted by molar-refractivity contribution is 5.73. The molecule has 0 saturated heterocycles. The summed E-state index contributed by atoms with van der Waals surface area (Å²) in [7, 11) is 1.65. The normalized spacial score (nSPS) is 10.5. The SMILES string of the molecule is Cc1ccc(-c2c(N)[nH]n(C)c2=O)cc1. The van der Waals surface area contributed by atoms with Gasteiger partial charge in [0.25, 0.3) is 5.56 Å². The molecular formula is C11H13N3O. The summed E-state index contributed by atoms with van der Waals surface area (Å²) in [6.07, 6.45) is 0. The van der Waals surface area contributed by atoms with E-state index in [-0.39, 0.29) is 5.56 Å². The third-order valence-corrected chi connectivity index (χ3v) is 2.42. The zero-order valence-electron chi connectivity index (χ0n) is 8.74. The monoisotopic (exact) mass is 203 g/mol. The van der Waals surface area contributed by atoms with Gasteiger partial charge in [0.2, 0.25) is 0 Å².